The molecule has 0 atom stereocenters. The highest BCUT2D eigenvalue weighted by molar-refractivity contribution is 5.78. The fraction of sp³-hybridized carbons (Fsp3) is 0.714. The maximum absolute atomic E-state index is 11.9. The molecular weight excluding hydrogens is 256 g/mol. The summed E-state index contributed by atoms with van der Waals surface area (Å²) in [6.45, 7) is 10.3. The van der Waals surface area contributed by atoms with E-state index in [1.54, 1.807) is 11.8 Å². The number of hydrogen-bond acceptors (Lipinski definition) is 3. The smallest absolute Gasteiger partial charge is 0.410 e. The number of nitrogens with two attached hydrogens (primary N) is 1. The molecule has 1 rings (SSSR count). The molecular formula is C14H24N4O2. The van der Waals surface area contributed by atoms with Crippen molar-refractivity contribution in [3.63, 3.8) is 0 Å². The Balaban J connectivity index is 2.45. The molecule has 0 spiro atoms. The van der Waals surface area contributed by atoms with E-state index in [1.165, 1.54) is 0 Å². The molecule has 0 radical (unpaired) electrons. The summed E-state index contributed by atoms with van der Waals surface area (Å²) in [5.41, 5.74) is 5.42. The Morgan fingerprint density at radius 3 is 2.30 bits per heavy atom. The van der Waals surface area contributed by atoms with Gasteiger partial charge in [0.2, 0.25) is 0 Å². The Kier molecular flexibility index (Phi) is 5.68. The number of aliphatic imine (C=N–C) groups is 1. The van der Waals surface area contributed by atoms with E-state index < -0.39 is 5.60 Å². The fourth-order valence-electron chi connectivity index (χ4n) is 1.74. The summed E-state index contributed by atoms with van der Waals surface area (Å²) in [6, 6.07) is 0. The van der Waals surface area contributed by atoms with Gasteiger partial charge in [-0.3, -0.25) is 0 Å². The third-order valence-corrected chi connectivity index (χ3v) is 2.75. The predicted octanol–water partition coefficient (Wildman–Crippen LogP) is 0.877. The molecule has 1 amide bonds. The number of rotatable bonds is 1. The van der Waals surface area contributed by atoms with Crippen molar-refractivity contribution < 1.29 is 9.53 Å². The van der Waals surface area contributed by atoms with Gasteiger partial charge < -0.3 is 20.3 Å². The van der Waals surface area contributed by atoms with Gasteiger partial charge in [-0.05, 0) is 27.7 Å². The lowest BCUT2D eigenvalue weighted by Gasteiger charge is -2.36. The highest BCUT2D eigenvalue weighted by Gasteiger charge is 2.26. The van der Waals surface area contributed by atoms with E-state index in [0.717, 1.165) is 0 Å². The molecule has 0 bridgehead atoms. The number of carbonyl (C=O) groups is 1. The summed E-state index contributed by atoms with van der Waals surface area (Å²) in [5, 5.41) is 0. The van der Waals surface area contributed by atoms with E-state index in [9.17, 15) is 4.79 Å². The van der Waals surface area contributed by atoms with E-state index in [0.29, 0.717) is 38.7 Å². The lowest BCUT2D eigenvalue weighted by molar-refractivity contribution is 0.0186. The van der Waals surface area contributed by atoms with Gasteiger partial charge >= 0.3 is 6.09 Å². The van der Waals surface area contributed by atoms with Crippen LogP contribution in [0.1, 0.15) is 27.7 Å². The lowest BCUT2D eigenvalue weighted by atomic mass is 10.2. The molecule has 2 N–H and O–H groups in total. The van der Waals surface area contributed by atoms with Gasteiger partial charge in [0, 0.05) is 26.2 Å². The molecule has 0 aromatic heterocycles. The second-order valence-electron chi connectivity index (χ2n) is 5.56. The third-order valence-electron chi connectivity index (χ3n) is 2.75. The summed E-state index contributed by atoms with van der Waals surface area (Å²) >= 11 is 0. The van der Waals surface area contributed by atoms with E-state index in [4.69, 9.17) is 10.5 Å². The van der Waals surface area contributed by atoms with Crippen molar-refractivity contribution in [3.8, 4) is 11.8 Å². The standard InChI is InChI=1S/C14H24N4O2/c1-5-6-7-16-12(15)17-8-10-18(11-9-17)13(19)20-14(2,3)4/h7-11H2,1-4H3,(H2,15,16). The van der Waals surface area contributed by atoms with Gasteiger partial charge in [-0.1, -0.05) is 5.92 Å². The maximum atomic E-state index is 11.9. The number of carbonyl (C=O) groups excluding carboxylic acids is 1. The van der Waals surface area contributed by atoms with Gasteiger partial charge in [0.15, 0.2) is 5.96 Å². The van der Waals surface area contributed by atoms with Gasteiger partial charge in [0.1, 0.15) is 12.1 Å². The molecule has 0 aliphatic carbocycles. The molecule has 0 unspecified atom stereocenters. The SMILES string of the molecule is CC#CCN=C(N)N1CCN(C(=O)OC(C)(C)C)CC1. The van der Waals surface area contributed by atoms with E-state index in [1.807, 2.05) is 25.7 Å². The minimum absolute atomic E-state index is 0.274. The van der Waals surface area contributed by atoms with Crippen molar-refractivity contribution in [3.05, 3.63) is 0 Å². The van der Waals surface area contributed by atoms with Crippen LogP contribution in [0.15, 0.2) is 4.99 Å². The highest BCUT2D eigenvalue weighted by Crippen LogP contribution is 2.11. The summed E-state index contributed by atoms with van der Waals surface area (Å²) in [5.74, 6) is 6.09. The summed E-state index contributed by atoms with van der Waals surface area (Å²) < 4.78 is 5.34. The number of hydrogen-bond donors (Lipinski definition) is 1. The van der Waals surface area contributed by atoms with Crippen molar-refractivity contribution in [1.29, 1.82) is 0 Å². The van der Waals surface area contributed by atoms with Crippen LogP contribution in [-0.4, -0.2) is 60.2 Å². The largest absolute Gasteiger partial charge is 0.444 e. The fourth-order valence-corrected chi connectivity index (χ4v) is 1.74. The second kappa shape index (κ2) is 7.04. The first-order valence-electron chi connectivity index (χ1n) is 6.76. The average Bonchev–Trinajstić information content (AvgIpc) is 2.37. The minimum Gasteiger partial charge on any atom is -0.444 e. The molecule has 0 aromatic rings. The van der Waals surface area contributed by atoms with Gasteiger partial charge in [0.25, 0.3) is 0 Å². The zero-order valence-electron chi connectivity index (χ0n) is 12.8. The molecule has 6 heteroatoms. The van der Waals surface area contributed by atoms with E-state index in [2.05, 4.69) is 16.8 Å². The average molecular weight is 280 g/mol. The Morgan fingerprint density at radius 1 is 1.25 bits per heavy atom. The van der Waals surface area contributed by atoms with Gasteiger partial charge in [0.05, 0.1) is 0 Å². The number of ether oxygens (including phenoxy) is 1. The molecule has 20 heavy (non-hydrogen) atoms. The first-order valence-corrected chi connectivity index (χ1v) is 6.76. The monoisotopic (exact) mass is 280 g/mol. The van der Waals surface area contributed by atoms with Crippen LogP contribution in [0.5, 0.6) is 0 Å². The molecule has 112 valence electrons. The van der Waals surface area contributed by atoms with Crippen LogP contribution in [0, 0.1) is 11.8 Å². The zero-order chi connectivity index (χ0) is 15.2. The highest BCUT2D eigenvalue weighted by atomic mass is 16.6. The Morgan fingerprint density at radius 2 is 1.80 bits per heavy atom. The molecule has 1 fully saturated rings. The van der Waals surface area contributed by atoms with Crippen LogP contribution in [0.3, 0.4) is 0 Å². The van der Waals surface area contributed by atoms with E-state index in [-0.39, 0.29) is 6.09 Å². The van der Waals surface area contributed by atoms with Crippen molar-refractivity contribution in [2.75, 3.05) is 32.7 Å². The Hall–Kier alpha value is -1.90. The van der Waals surface area contributed by atoms with Crippen molar-refractivity contribution >= 4 is 12.1 Å². The van der Waals surface area contributed by atoms with Crippen molar-refractivity contribution in [2.24, 2.45) is 10.7 Å². The first-order chi connectivity index (χ1) is 9.33. The van der Waals surface area contributed by atoms with Crippen LogP contribution in [0.4, 0.5) is 4.79 Å². The van der Waals surface area contributed by atoms with Crippen LogP contribution in [-0.2, 0) is 4.74 Å². The quantitative estimate of drug-likeness (QED) is 0.440. The zero-order valence-corrected chi connectivity index (χ0v) is 12.8. The lowest BCUT2D eigenvalue weighted by Crippen LogP contribution is -2.53. The second-order valence-corrected chi connectivity index (χ2v) is 5.56. The summed E-state index contributed by atoms with van der Waals surface area (Å²) in [7, 11) is 0. The van der Waals surface area contributed by atoms with Crippen molar-refractivity contribution in [1.82, 2.24) is 9.80 Å². The Bertz CT molecular complexity index is 421. The minimum atomic E-state index is -0.465. The Labute approximate surface area is 121 Å². The van der Waals surface area contributed by atoms with E-state index >= 15 is 0 Å². The molecule has 0 aromatic carbocycles. The maximum Gasteiger partial charge on any atom is 0.410 e. The topological polar surface area (TPSA) is 71.2 Å². The van der Waals surface area contributed by atoms with Crippen LogP contribution in [0.25, 0.3) is 0 Å². The van der Waals surface area contributed by atoms with Gasteiger partial charge in [-0.15, -0.1) is 5.92 Å². The summed E-state index contributed by atoms with van der Waals surface area (Å²) in [6.07, 6.45) is -0.274. The number of amides is 1. The van der Waals surface area contributed by atoms with Gasteiger partial charge in [-0.2, -0.15) is 0 Å². The first kappa shape index (κ1) is 16.2. The predicted molar refractivity (Wildman–Crippen MR) is 79.3 cm³/mol. The molecule has 1 saturated heterocycles. The third kappa shape index (κ3) is 5.39. The van der Waals surface area contributed by atoms with Crippen LogP contribution in [0.2, 0.25) is 0 Å². The number of guanidine groups is 1. The molecule has 1 aliphatic rings. The number of piperazine rings is 1. The summed E-state index contributed by atoms with van der Waals surface area (Å²) in [4.78, 5) is 19.7. The molecule has 6 nitrogen and oxygen atoms in total. The van der Waals surface area contributed by atoms with Crippen molar-refractivity contribution in [2.45, 2.75) is 33.3 Å². The van der Waals surface area contributed by atoms with Gasteiger partial charge in [-0.25, -0.2) is 9.79 Å². The molecule has 1 heterocycles. The van der Waals surface area contributed by atoms with Crippen LogP contribution < -0.4 is 5.73 Å². The molecule has 1 aliphatic heterocycles. The number of nitrogens with zero attached hydrogens (tertiary/aromatic N) is 3. The normalized spacial score (nSPS) is 16.5. The molecule has 0 saturated carbocycles. The van der Waals surface area contributed by atoms with Crippen LogP contribution >= 0.6 is 0 Å².